The summed E-state index contributed by atoms with van der Waals surface area (Å²) in [6.07, 6.45) is 0.623. The van der Waals surface area contributed by atoms with Crippen molar-refractivity contribution < 1.29 is 24.9 Å². The maximum absolute atomic E-state index is 11.9. The Morgan fingerprint density at radius 2 is 1.65 bits per heavy atom. The van der Waals surface area contributed by atoms with Crippen LogP contribution in [0.3, 0.4) is 0 Å². The summed E-state index contributed by atoms with van der Waals surface area (Å²) >= 11 is 0. The molecule has 2 aliphatic rings. The van der Waals surface area contributed by atoms with E-state index < -0.39 is 41.3 Å². The molecular formula is C13H19NO6. The summed E-state index contributed by atoms with van der Waals surface area (Å²) < 4.78 is 0. The van der Waals surface area contributed by atoms with Crippen LogP contribution in [0, 0.1) is 16.7 Å². The van der Waals surface area contributed by atoms with Crippen molar-refractivity contribution in [2.45, 2.75) is 56.5 Å². The zero-order chi connectivity index (χ0) is 14.9. The number of Topliss-reactive ketones (excluding diaryl/α,β-unsaturated/α-hetero) is 2. The number of aliphatic hydroxyl groups is 3. The Morgan fingerprint density at radius 3 is 2.25 bits per heavy atom. The minimum Gasteiger partial charge on any atom is -0.390 e. The molecule has 0 aliphatic heterocycles. The molecule has 112 valence electrons. The largest absolute Gasteiger partial charge is 0.390 e. The summed E-state index contributed by atoms with van der Waals surface area (Å²) in [6, 6.07) is 0. The lowest BCUT2D eigenvalue weighted by Crippen LogP contribution is -2.49. The van der Waals surface area contributed by atoms with Gasteiger partial charge in [0.15, 0.2) is 0 Å². The van der Waals surface area contributed by atoms with Gasteiger partial charge in [-0.1, -0.05) is 25.7 Å². The number of nitrogens with zero attached hydrogens (tertiary/aromatic N) is 1. The van der Waals surface area contributed by atoms with Gasteiger partial charge in [0.05, 0.1) is 6.10 Å². The van der Waals surface area contributed by atoms with E-state index in [2.05, 4.69) is 5.18 Å². The summed E-state index contributed by atoms with van der Waals surface area (Å²) in [5.41, 5.74) is -2.67. The molecule has 2 rings (SSSR count). The number of carbonyl (C=O) groups is 2. The molecule has 3 unspecified atom stereocenters. The third-order valence-electron chi connectivity index (χ3n) is 4.56. The number of aliphatic hydroxyl groups excluding tert-OH is 2. The smallest absolute Gasteiger partial charge is 0.267 e. The highest BCUT2D eigenvalue weighted by Crippen LogP contribution is 2.41. The third-order valence-corrected chi connectivity index (χ3v) is 4.56. The average molecular weight is 285 g/mol. The Balaban J connectivity index is 2.47. The van der Waals surface area contributed by atoms with Crippen molar-refractivity contribution in [1.82, 2.24) is 0 Å². The van der Waals surface area contributed by atoms with E-state index in [4.69, 9.17) is 0 Å². The maximum Gasteiger partial charge on any atom is 0.267 e. The summed E-state index contributed by atoms with van der Waals surface area (Å²) in [4.78, 5) is 34.7. The van der Waals surface area contributed by atoms with E-state index in [0.29, 0.717) is 19.3 Å². The number of fused-ring (bicyclic) bond motifs is 1. The maximum atomic E-state index is 11.9. The molecule has 3 N–H and O–H groups in total. The normalized spacial score (nSPS) is 43.1. The van der Waals surface area contributed by atoms with E-state index in [1.54, 1.807) is 0 Å². The lowest BCUT2D eigenvalue weighted by Gasteiger charge is -2.35. The predicted octanol–water partition coefficient (Wildman–Crippen LogP) is -0.0984. The first-order valence-electron chi connectivity index (χ1n) is 6.95. The highest BCUT2D eigenvalue weighted by Gasteiger charge is 2.58. The van der Waals surface area contributed by atoms with Gasteiger partial charge in [0.25, 0.3) is 11.5 Å². The van der Waals surface area contributed by atoms with E-state index >= 15 is 0 Å². The van der Waals surface area contributed by atoms with E-state index in [1.807, 2.05) is 0 Å². The third kappa shape index (κ3) is 2.30. The second kappa shape index (κ2) is 5.67. The van der Waals surface area contributed by atoms with Gasteiger partial charge in [0.2, 0.25) is 5.78 Å². The monoisotopic (exact) mass is 285 g/mol. The molecule has 0 bridgehead atoms. The van der Waals surface area contributed by atoms with Crippen LogP contribution in [0.2, 0.25) is 0 Å². The zero-order valence-corrected chi connectivity index (χ0v) is 11.1. The van der Waals surface area contributed by atoms with E-state index in [0.717, 1.165) is 19.3 Å². The topological polar surface area (TPSA) is 124 Å². The first-order chi connectivity index (χ1) is 9.43. The van der Waals surface area contributed by atoms with Crippen LogP contribution in [0.5, 0.6) is 0 Å². The summed E-state index contributed by atoms with van der Waals surface area (Å²) in [5, 5.41) is 32.6. The first-order valence-corrected chi connectivity index (χ1v) is 6.95. The second-order valence-electron chi connectivity index (χ2n) is 5.71. The molecule has 0 amide bonds. The lowest BCUT2D eigenvalue weighted by molar-refractivity contribution is -0.154. The minimum absolute atomic E-state index is 0.315. The quantitative estimate of drug-likeness (QED) is 0.456. The van der Waals surface area contributed by atoms with E-state index in [9.17, 15) is 29.8 Å². The number of rotatable bonds is 1. The molecule has 2 saturated carbocycles. The number of hydrogen-bond acceptors (Lipinski definition) is 7. The summed E-state index contributed by atoms with van der Waals surface area (Å²) in [5.74, 6) is -4.37. The van der Waals surface area contributed by atoms with Crippen molar-refractivity contribution in [3.05, 3.63) is 4.91 Å². The fraction of sp³-hybridized carbons (Fsp3) is 0.846. The van der Waals surface area contributed by atoms with Crippen molar-refractivity contribution in [2.75, 3.05) is 0 Å². The SMILES string of the molecule is O=N[C@]1(O)C(=O)C(=O)[C@H](O)C(O)C2CCCCCCC21. The molecular weight excluding hydrogens is 266 g/mol. The van der Waals surface area contributed by atoms with Gasteiger partial charge in [-0.25, -0.2) is 0 Å². The molecule has 0 saturated heterocycles. The van der Waals surface area contributed by atoms with Crippen LogP contribution in [0.25, 0.3) is 0 Å². The number of hydrogen-bond donors (Lipinski definition) is 3. The molecule has 0 spiro atoms. The minimum atomic E-state index is -2.67. The predicted molar refractivity (Wildman–Crippen MR) is 67.5 cm³/mol. The van der Waals surface area contributed by atoms with Gasteiger partial charge in [0, 0.05) is 5.92 Å². The standard InChI is InChI=1S/C13H19NO6/c15-9-7-5-3-1-2-4-6-8(7)13(19,14-20)12(18)11(17)10(9)16/h7-10,15-16,19H,1-6H2/t7?,8?,9?,10-,13-/m1/s1. The van der Waals surface area contributed by atoms with Crippen molar-refractivity contribution in [2.24, 2.45) is 17.0 Å². The Labute approximate surface area is 116 Å². The molecule has 0 aromatic carbocycles. The molecule has 5 atom stereocenters. The zero-order valence-electron chi connectivity index (χ0n) is 11.1. The van der Waals surface area contributed by atoms with Crippen molar-refractivity contribution in [3.63, 3.8) is 0 Å². The van der Waals surface area contributed by atoms with E-state index in [1.165, 1.54) is 0 Å². The van der Waals surface area contributed by atoms with Crippen LogP contribution in [0.15, 0.2) is 5.18 Å². The molecule has 7 heteroatoms. The van der Waals surface area contributed by atoms with Crippen LogP contribution in [-0.2, 0) is 9.59 Å². The molecule has 0 heterocycles. The van der Waals surface area contributed by atoms with Crippen LogP contribution >= 0.6 is 0 Å². The fourth-order valence-corrected chi connectivity index (χ4v) is 3.40. The molecule has 0 aromatic rings. The van der Waals surface area contributed by atoms with Crippen LogP contribution in [-0.4, -0.2) is 44.8 Å². The Kier molecular flexibility index (Phi) is 4.31. The van der Waals surface area contributed by atoms with Gasteiger partial charge < -0.3 is 15.3 Å². The van der Waals surface area contributed by atoms with Crippen molar-refractivity contribution in [1.29, 1.82) is 0 Å². The van der Waals surface area contributed by atoms with Gasteiger partial charge in [-0.05, 0) is 23.9 Å². The van der Waals surface area contributed by atoms with Crippen molar-refractivity contribution >= 4 is 11.6 Å². The summed E-state index contributed by atoms with van der Waals surface area (Å²) in [6.45, 7) is 0. The van der Waals surface area contributed by atoms with Crippen LogP contribution in [0.1, 0.15) is 38.5 Å². The van der Waals surface area contributed by atoms with Gasteiger partial charge >= 0.3 is 0 Å². The van der Waals surface area contributed by atoms with Gasteiger partial charge in [-0.2, -0.15) is 0 Å². The molecule has 0 aromatic heterocycles. The Bertz CT molecular complexity index is 425. The van der Waals surface area contributed by atoms with Crippen LogP contribution < -0.4 is 0 Å². The van der Waals surface area contributed by atoms with Gasteiger partial charge in [0.1, 0.15) is 6.10 Å². The van der Waals surface area contributed by atoms with Gasteiger partial charge in [-0.15, -0.1) is 4.91 Å². The van der Waals surface area contributed by atoms with Crippen LogP contribution in [0.4, 0.5) is 0 Å². The van der Waals surface area contributed by atoms with Gasteiger partial charge in [-0.3, -0.25) is 9.59 Å². The Hall–Kier alpha value is -1.18. The Morgan fingerprint density at radius 1 is 1.05 bits per heavy atom. The molecule has 7 nitrogen and oxygen atoms in total. The lowest BCUT2D eigenvalue weighted by atomic mass is 9.73. The molecule has 20 heavy (non-hydrogen) atoms. The van der Waals surface area contributed by atoms with Crippen molar-refractivity contribution in [3.8, 4) is 0 Å². The fourth-order valence-electron chi connectivity index (χ4n) is 3.40. The van der Waals surface area contributed by atoms with E-state index in [-0.39, 0.29) is 0 Å². The number of nitroso groups, excluding NO2 is 1. The second-order valence-corrected chi connectivity index (χ2v) is 5.71. The number of ketones is 2. The highest BCUT2D eigenvalue weighted by molar-refractivity contribution is 6.42. The molecule has 2 aliphatic carbocycles. The summed E-state index contributed by atoms with van der Waals surface area (Å²) in [7, 11) is 0. The molecule has 0 radical (unpaired) electrons. The first kappa shape index (κ1) is 15.2. The molecule has 2 fully saturated rings. The average Bonchev–Trinajstić information content (AvgIpc) is 2.46. The number of carbonyl (C=O) groups excluding carboxylic acids is 2. The highest BCUT2D eigenvalue weighted by atomic mass is 16.4.